The normalized spacial score (nSPS) is 10.9. The lowest BCUT2D eigenvalue weighted by Crippen LogP contribution is -2.27. The highest BCUT2D eigenvalue weighted by Crippen LogP contribution is 2.20. The summed E-state index contributed by atoms with van der Waals surface area (Å²) >= 11 is 0. The Hall–Kier alpha value is -3.86. The first-order chi connectivity index (χ1) is 17.2. The molecule has 0 unspecified atom stereocenters. The quantitative estimate of drug-likeness (QED) is 0.208. The number of rotatable bonds is 12. The van der Waals surface area contributed by atoms with Gasteiger partial charge in [0.1, 0.15) is 11.6 Å². The van der Waals surface area contributed by atoms with Crippen LogP contribution in [-0.4, -0.2) is 28.6 Å². The molecule has 1 heterocycles. The van der Waals surface area contributed by atoms with Crippen molar-refractivity contribution < 1.29 is 9.53 Å². The molecule has 0 spiro atoms. The summed E-state index contributed by atoms with van der Waals surface area (Å²) in [6.07, 6.45) is 5.31. The van der Waals surface area contributed by atoms with E-state index in [0.29, 0.717) is 19.6 Å². The highest BCUT2D eigenvalue weighted by atomic mass is 16.5. The van der Waals surface area contributed by atoms with Gasteiger partial charge in [-0.15, -0.1) is 6.58 Å². The van der Waals surface area contributed by atoms with Crippen molar-refractivity contribution in [1.29, 1.82) is 0 Å². The monoisotopic (exact) mass is 467 g/mol. The van der Waals surface area contributed by atoms with E-state index in [0.717, 1.165) is 65.1 Å². The number of aromatic nitrogens is 2. The number of amides is 1. The van der Waals surface area contributed by atoms with Gasteiger partial charge in [0.15, 0.2) is 0 Å². The molecule has 5 heteroatoms. The van der Waals surface area contributed by atoms with Crippen molar-refractivity contribution in [3.63, 3.8) is 0 Å². The number of aryl methyl sites for hydroxylation is 2. The molecule has 0 saturated carbocycles. The van der Waals surface area contributed by atoms with Crippen LogP contribution in [0.25, 0.3) is 11.0 Å². The fourth-order valence-electron chi connectivity index (χ4n) is 4.30. The number of benzene rings is 3. The SMILES string of the molecule is C=CCc1ccccc1OCCCCn1c(CCNC(=O)c2ccccc2C)nc2ccccc21. The van der Waals surface area contributed by atoms with E-state index in [9.17, 15) is 4.79 Å². The van der Waals surface area contributed by atoms with Crippen LogP contribution < -0.4 is 10.1 Å². The number of hydrogen-bond acceptors (Lipinski definition) is 3. The number of hydrogen-bond donors (Lipinski definition) is 1. The van der Waals surface area contributed by atoms with Gasteiger partial charge < -0.3 is 14.6 Å². The van der Waals surface area contributed by atoms with Gasteiger partial charge in [-0.05, 0) is 61.6 Å². The van der Waals surface area contributed by atoms with Crippen LogP contribution in [0.4, 0.5) is 0 Å². The Balaban J connectivity index is 1.34. The van der Waals surface area contributed by atoms with Gasteiger partial charge in [0.05, 0.1) is 17.6 Å². The molecule has 1 amide bonds. The predicted octanol–water partition coefficient (Wildman–Crippen LogP) is 5.90. The zero-order valence-corrected chi connectivity index (χ0v) is 20.4. The Bertz CT molecular complexity index is 1290. The van der Waals surface area contributed by atoms with Crippen molar-refractivity contribution in [2.45, 2.75) is 39.2 Å². The summed E-state index contributed by atoms with van der Waals surface area (Å²) in [7, 11) is 0. The lowest BCUT2D eigenvalue weighted by atomic mass is 10.1. The highest BCUT2D eigenvalue weighted by molar-refractivity contribution is 5.95. The minimum Gasteiger partial charge on any atom is -0.493 e. The first kappa shape index (κ1) is 24.3. The van der Waals surface area contributed by atoms with Gasteiger partial charge in [0.2, 0.25) is 0 Å². The first-order valence-electron chi connectivity index (χ1n) is 12.3. The smallest absolute Gasteiger partial charge is 0.251 e. The number of ether oxygens (including phenoxy) is 1. The third-order valence-electron chi connectivity index (χ3n) is 6.13. The number of carbonyl (C=O) groups is 1. The van der Waals surface area contributed by atoms with Crippen molar-refractivity contribution in [2.75, 3.05) is 13.2 Å². The molecule has 0 saturated heterocycles. The number of fused-ring (bicyclic) bond motifs is 1. The van der Waals surface area contributed by atoms with Crippen LogP contribution in [0, 0.1) is 6.92 Å². The lowest BCUT2D eigenvalue weighted by molar-refractivity contribution is 0.0953. The van der Waals surface area contributed by atoms with E-state index in [4.69, 9.17) is 9.72 Å². The molecule has 0 aliphatic heterocycles. The molecular weight excluding hydrogens is 434 g/mol. The van der Waals surface area contributed by atoms with Crippen LogP contribution in [-0.2, 0) is 19.4 Å². The Morgan fingerprint density at radius 1 is 1.03 bits per heavy atom. The van der Waals surface area contributed by atoms with Crippen molar-refractivity contribution in [2.24, 2.45) is 0 Å². The van der Waals surface area contributed by atoms with Crippen LogP contribution in [0.5, 0.6) is 5.75 Å². The molecule has 1 aromatic heterocycles. The van der Waals surface area contributed by atoms with Crippen LogP contribution >= 0.6 is 0 Å². The molecule has 4 aromatic rings. The zero-order chi connectivity index (χ0) is 24.5. The molecule has 0 aliphatic rings. The van der Waals surface area contributed by atoms with Gasteiger partial charge in [-0.3, -0.25) is 4.79 Å². The summed E-state index contributed by atoms with van der Waals surface area (Å²) < 4.78 is 8.33. The molecule has 0 fully saturated rings. The second-order valence-electron chi connectivity index (χ2n) is 8.65. The molecule has 5 nitrogen and oxygen atoms in total. The molecule has 180 valence electrons. The van der Waals surface area contributed by atoms with Gasteiger partial charge in [-0.25, -0.2) is 4.98 Å². The van der Waals surface area contributed by atoms with Gasteiger partial charge in [-0.1, -0.05) is 54.6 Å². The third kappa shape index (κ3) is 6.18. The van der Waals surface area contributed by atoms with Crippen LogP contribution in [0.2, 0.25) is 0 Å². The van der Waals surface area contributed by atoms with Crippen molar-refractivity contribution in [3.05, 3.63) is 108 Å². The third-order valence-corrected chi connectivity index (χ3v) is 6.13. The Kier molecular flexibility index (Phi) is 8.34. The number of nitrogens with zero attached hydrogens (tertiary/aromatic N) is 2. The van der Waals surface area contributed by atoms with Gasteiger partial charge in [0.25, 0.3) is 5.91 Å². The highest BCUT2D eigenvalue weighted by Gasteiger charge is 2.12. The maximum Gasteiger partial charge on any atom is 0.251 e. The van der Waals surface area contributed by atoms with Gasteiger partial charge >= 0.3 is 0 Å². The van der Waals surface area contributed by atoms with Crippen molar-refractivity contribution in [1.82, 2.24) is 14.9 Å². The van der Waals surface area contributed by atoms with E-state index in [1.54, 1.807) is 0 Å². The molecular formula is C30H33N3O2. The number of allylic oxidation sites excluding steroid dienone is 1. The Morgan fingerprint density at radius 3 is 2.66 bits per heavy atom. The summed E-state index contributed by atoms with van der Waals surface area (Å²) in [6, 6.07) is 24.0. The number of carbonyl (C=O) groups excluding carboxylic acids is 1. The Labute approximate surface area is 207 Å². The average molecular weight is 468 g/mol. The first-order valence-corrected chi connectivity index (χ1v) is 12.3. The average Bonchev–Trinajstić information content (AvgIpc) is 3.22. The minimum atomic E-state index is -0.0420. The summed E-state index contributed by atoms with van der Waals surface area (Å²) in [5.41, 5.74) is 4.98. The number of unbranched alkanes of at least 4 members (excludes halogenated alkanes) is 1. The number of para-hydroxylation sites is 3. The summed E-state index contributed by atoms with van der Waals surface area (Å²) in [5.74, 6) is 1.89. The maximum absolute atomic E-state index is 12.6. The largest absolute Gasteiger partial charge is 0.493 e. The van der Waals surface area contributed by atoms with Crippen molar-refractivity contribution in [3.8, 4) is 5.75 Å². The lowest BCUT2D eigenvalue weighted by Gasteiger charge is -2.12. The topological polar surface area (TPSA) is 56.1 Å². The van der Waals surface area contributed by atoms with E-state index >= 15 is 0 Å². The summed E-state index contributed by atoms with van der Waals surface area (Å²) in [5, 5.41) is 3.05. The zero-order valence-electron chi connectivity index (χ0n) is 20.4. The fourth-order valence-corrected chi connectivity index (χ4v) is 4.30. The van der Waals surface area contributed by atoms with E-state index in [2.05, 4.69) is 28.6 Å². The molecule has 1 N–H and O–H groups in total. The van der Waals surface area contributed by atoms with E-state index in [-0.39, 0.29) is 5.91 Å². The molecule has 0 bridgehead atoms. The molecule has 0 aliphatic carbocycles. The molecule has 0 radical (unpaired) electrons. The fraction of sp³-hybridized carbons (Fsp3) is 0.267. The summed E-state index contributed by atoms with van der Waals surface area (Å²) in [4.78, 5) is 17.4. The number of nitrogens with one attached hydrogen (secondary N) is 1. The van der Waals surface area contributed by atoms with Crippen LogP contribution in [0.3, 0.4) is 0 Å². The second kappa shape index (κ2) is 12.0. The predicted molar refractivity (Wildman–Crippen MR) is 142 cm³/mol. The van der Waals surface area contributed by atoms with Crippen molar-refractivity contribution >= 4 is 16.9 Å². The van der Waals surface area contributed by atoms with Crippen LogP contribution in [0.15, 0.2) is 85.5 Å². The van der Waals surface area contributed by atoms with Crippen LogP contribution in [0.1, 0.15) is 40.2 Å². The minimum absolute atomic E-state index is 0.0420. The molecule has 0 atom stereocenters. The Morgan fingerprint density at radius 2 is 1.80 bits per heavy atom. The van der Waals surface area contributed by atoms with E-state index in [1.165, 1.54) is 0 Å². The maximum atomic E-state index is 12.6. The van der Waals surface area contributed by atoms with E-state index in [1.807, 2.05) is 73.7 Å². The second-order valence-corrected chi connectivity index (χ2v) is 8.65. The molecule has 3 aromatic carbocycles. The molecule has 35 heavy (non-hydrogen) atoms. The standard InChI is InChI=1S/C30H33N3O2/c1-3-12-24-14-5-9-18-28(24)35-22-11-10-21-33-27-17-8-7-16-26(27)32-29(33)19-20-31-30(34)25-15-6-4-13-23(25)2/h3-9,13-18H,1,10-12,19-22H2,2H3,(H,31,34). The van der Waals surface area contributed by atoms with E-state index < -0.39 is 0 Å². The van der Waals surface area contributed by atoms with Gasteiger partial charge in [0, 0.05) is 25.1 Å². The summed E-state index contributed by atoms with van der Waals surface area (Å²) in [6.45, 7) is 7.86. The number of imidazole rings is 1. The van der Waals surface area contributed by atoms with Gasteiger partial charge in [-0.2, -0.15) is 0 Å². The molecule has 4 rings (SSSR count).